The summed E-state index contributed by atoms with van der Waals surface area (Å²) in [4.78, 5) is 26.0. The summed E-state index contributed by atoms with van der Waals surface area (Å²) in [5, 5.41) is 13.3. The minimum absolute atomic E-state index is 0.0743. The third-order valence-corrected chi connectivity index (χ3v) is 6.51. The van der Waals surface area contributed by atoms with Crippen LogP contribution in [0.4, 0.5) is 10.8 Å². The SMILES string of the molecule is O=C(Nc1ncc(S(=O)(=O)c2ccc([N+](=O)[O-])cc2)s1)c1ccccc1. The highest BCUT2D eigenvalue weighted by Gasteiger charge is 2.22. The third-order valence-electron chi connectivity index (χ3n) is 3.36. The molecule has 1 aromatic heterocycles. The molecule has 0 fully saturated rings. The van der Waals surface area contributed by atoms with Crippen molar-refractivity contribution in [3.63, 3.8) is 0 Å². The summed E-state index contributed by atoms with van der Waals surface area (Å²) in [5.41, 5.74) is 0.214. The van der Waals surface area contributed by atoms with Crippen molar-refractivity contribution in [3.05, 3.63) is 76.5 Å². The van der Waals surface area contributed by atoms with Crippen molar-refractivity contribution in [1.82, 2.24) is 4.98 Å². The van der Waals surface area contributed by atoms with E-state index in [4.69, 9.17) is 0 Å². The van der Waals surface area contributed by atoms with Gasteiger partial charge in [-0.05, 0) is 24.3 Å². The van der Waals surface area contributed by atoms with Crippen LogP contribution in [0, 0.1) is 10.1 Å². The lowest BCUT2D eigenvalue weighted by molar-refractivity contribution is -0.384. The molecule has 0 atom stereocenters. The molecule has 0 aliphatic heterocycles. The Morgan fingerprint density at radius 1 is 1.08 bits per heavy atom. The molecular formula is C16H11N3O5S2. The molecule has 0 spiro atoms. The van der Waals surface area contributed by atoms with Gasteiger partial charge in [-0.1, -0.05) is 29.5 Å². The zero-order valence-electron chi connectivity index (χ0n) is 13.0. The predicted molar refractivity (Wildman–Crippen MR) is 95.1 cm³/mol. The van der Waals surface area contributed by atoms with Crippen molar-refractivity contribution in [2.45, 2.75) is 9.10 Å². The van der Waals surface area contributed by atoms with E-state index in [0.717, 1.165) is 41.8 Å². The summed E-state index contributed by atoms with van der Waals surface area (Å²) in [5.74, 6) is -0.403. The van der Waals surface area contributed by atoms with Gasteiger partial charge in [0, 0.05) is 17.7 Å². The van der Waals surface area contributed by atoms with E-state index in [1.807, 2.05) is 0 Å². The fourth-order valence-corrected chi connectivity index (χ4v) is 4.49. The van der Waals surface area contributed by atoms with Crippen LogP contribution in [0.3, 0.4) is 0 Å². The lowest BCUT2D eigenvalue weighted by Gasteiger charge is -2.01. The van der Waals surface area contributed by atoms with Crippen molar-refractivity contribution in [2.75, 3.05) is 5.32 Å². The maximum absolute atomic E-state index is 12.6. The molecule has 0 bridgehead atoms. The molecule has 3 aromatic rings. The molecule has 0 saturated carbocycles. The summed E-state index contributed by atoms with van der Waals surface area (Å²) in [7, 11) is -3.88. The lowest BCUT2D eigenvalue weighted by Crippen LogP contribution is -2.11. The van der Waals surface area contributed by atoms with E-state index in [2.05, 4.69) is 10.3 Å². The third kappa shape index (κ3) is 3.60. The van der Waals surface area contributed by atoms with Crippen LogP contribution in [0.15, 0.2) is 69.9 Å². The van der Waals surface area contributed by atoms with Gasteiger partial charge >= 0.3 is 0 Å². The van der Waals surface area contributed by atoms with Gasteiger partial charge in [-0.25, -0.2) is 13.4 Å². The predicted octanol–water partition coefficient (Wildman–Crippen LogP) is 3.14. The minimum atomic E-state index is -3.88. The first-order valence-corrected chi connectivity index (χ1v) is 9.49. The number of rotatable bonds is 5. The van der Waals surface area contributed by atoms with Gasteiger partial charge in [-0.15, -0.1) is 0 Å². The molecule has 0 saturated heterocycles. The molecule has 1 heterocycles. The molecule has 0 radical (unpaired) electrons. The highest BCUT2D eigenvalue weighted by molar-refractivity contribution is 7.93. The number of non-ortho nitro benzene ring substituents is 1. The zero-order chi connectivity index (χ0) is 18.7. The van der Waals surface area contributed by atoms with Gasteiger partial charge in [-0.2, -0.15) is 0 Å². The molecular weight excluding hydrogens is 378 g/mol. The normalized spacial score (nSPS) is 11.1. The van der Waals surface area contributed by atoms with Crippen LogP contribution in [-0.2, 0) is 9.84 Å². The summed E-state index contributed by atoms with van der Waals surface area (Å²) < 4.78 is 25.1. The Labute approximate surface area is 152 Å². The number of aromatic nitrogens is 1. The average molecular weight is 389 g/mol. The summed E-state index contributed by atoms with van der Waals surface area (Å²) in [6.07, 6.45) is 1.14. The fourth-order valence-electron chi connectivity index (χ4n) is 2.06. The second-order valence-electron chi connectivity index (χ2n) is 5.06. The van der Waals surface area contributed by atoms with Crippen LogP contribution < -0.4 is 5.32 Å². The van der Waals surface area contributed by atoms with E-state index in [1.165, 1.54) is 0 Å². The largest absolute Gasteiger partial charge is 0.298 e. The number of hydrogen-bond donors (Lipinski definition) is 1. The molecule has 10 heteroatoms. The Kier molecular flexibility index (Phi) is 4.78. The number of anilines is 1. The van der Waals surface area contributed by atoms with Gasteiger partial charge in [0.2, 0.25) is 9.84 Å². The van der Waals surface area contributed by atoms with Crippen molar-refractivity contribution >= 4 is 37.9 Å². The number of amides is 1. The maximum Gasteiger partial charge on any atom is 0.269 e. The topological polar surface area (TPSA) is 119 Å². The number of sulfone groups is 1. The number of nitro groups is 1. The lowest BCUT2D eigenvalue weighted by atomic mass is 10.2. The Hall–Kier alpha value is -3.11. The van der Waals surface area contributed by atoms with E-state index >= 15 is 0 Å². The summed E-state index contributed by atoms with van der Waals surface area (Å²) >= 11 is 0.803. The van der Waals surface area contributed by atoms with Gasteiger partial charge in [0.1, 0.15) is 4.21 Å². The first-order chi connectivity index (χ1) is 12.4. The minimum Gasteiger partial charge on any atom is -0.298 e. The quantitative estimate of drug-likeness (QED) is 0.529. The number of nitrogens with zero attached hydrogens (tertiary/aromatic N) is 2. The summed E-state index contributed by atoms with van der Waals surface area (Å²) in [6.45, 7) is 0. The molecule has 0 aliphatic carbocycles. The number of nitro benzene ring substituents is 1. The molecule has 132 valence electrons. The summed E-state index contributed by atoms with van der Waals surface area (Å²) in [6, 6.07) is 13.0. The first-order valence-electron chi connectivity index (χ1n) is 7.20. The molecule has 26 heavy (non-hydrogen) atoms. The molecule has 0 aliphatic rings. The Bertz CT molecular complexity index is 1060. The number of carbonyl (C=O) groups is 1. The van der Waals surface area contributed by atoms with Crippen molar-refractivity contribution in [3.8, 4) is 0 Å². The van der Waals surface area contributed by atoms with E-state index in [-0.39, 0.29) is 19.9 Å². The van der Waals surface area contributed by atoms with E-state index in [1.54, 1.807) is 30.3 Å². The van der Waals surface area contributed by atoms with Crippen molar-refractivity contribution < 1.29 is 18.1 Å². The highest BCUT2D eigenvalue weighted by Crippen LogP contribution is 2.29. The van der Waals surface area contributed by atoms with Crippen LogP contribution in [0.1, 0.15) is 10.4 Å². The number of hydrogen-bond acceptors (Lipinski definition) is 7. The fraction of sp³-hybridized carbons (Fsp3) is 0. The monoisotopic (exact) mass is 389 g/mol. The number of thiazole rings is 1. The number of benzene rings is 2. The molecule has 1 amide bonds. The zero-order valence-corrected chi connectivity index (χ0v) is 14.7. The smallest absolute Gasteiger partial charge is 0.269 e. The van der Waals surface area contributed by atoms with E-state index in [9.17, 15) is 23.3 Å². The Morgan fingerprint density at radius 3 is 2.35 bits per heavy atom. The van der Waals surface area contributed by atoms with Gasteiger partial charge in [0.25, 0.3) is 11.6 Å². The van der Waals surface area contributed by atoms with Gasteiger partial charge in [-0.3, -0.25) is 20.2 Å². The van der Waals surface area contributed by atoms with E-state index in [0.29, 0.717) is 5.56 Å². The number of carbonyl (C=O) groups excluding carboxylic acids is 1. The second kappa shape index (κ2) is 7.02. The van der Waals surface area contributed by atoms with Crippen LogP contribution >= 0.6 is 11.3 Å². The molecule has 1 N–H and O–H groups in total. The molecule has 0 unspecified atom stereocenters. The number of nitrogens with one attached hydrogen (secondary N) is 1. The Balaban J connectivity index is 1.82. The highest BCUT2D eigenvalue weighted by atomic mass is 32.2. The first kappa shape index (κ1) is 17.7. The van der Waals surface area contributed by atoms with Gasteiger partial charge in [0.05, 0.1) is 16.0 Å². The van der Waals surface area contributed by atoms with Crippen LogP contribution in [0.5, 0.6) is 0 Å². The van der Waals surface area contributed by atoms with Crippen molar-refractivity contribution in [1.29, 1.82) is 0 Å². The standard InChI is InChI=1S/C16H11N3O5S2/c20-15(11-4-2-1-3-5-11)18-16-17-10-14(25-16)26(23,24)13-8-6-12(7-9-13)19(21)22/h1-10H,(H,17,18,20). The Morgan fingerprint density at radius 2 is 1.73 bits per heavy atom. The average Bonchev–Trinajstić information content (AvgIpc) is 3.12. The van der Waals surface area contributed by atoms with Crippen LogP contribution in [-0.4, -0.2) is 24.2 Å². The molecule has 2 aromatic carbocycles. The van der Waals surface area contributed by atoms with E-state index < -0.39 is 20.7 Å². The second-order valence-corrected chi connectivity index (χ2v) is 8.27. The molecule has 3 rings (SSSR count). The maximum atomic E-state index is 12.6. The molecule has 8 nitrogen and oxygen atoms in total. The van der Waals surface area contributed by atoms with Gasteiger partial charge < -0.3 is 0 Å². The van der Waals surface area contributed by atoms with Crippen LogP contribution in [0.2, 0.25) is 0 Å². The van der Waals surface area contributed by atoms with Crippen molar-refractivity contribution in [2.24, 2.45) is 0 Å². The van der Waals surface area contributed by atoms with Gasteiger partial charge in [0.15, 0.2) is 5.13 Å². The van der Waals surface area contributed by atoms with Crippen LogP contribution in [0.25, 0.3) is 0 Å².